The number of carbonyl (C=O) groups excluding carboxylic acids is 2. The Balaban J connectivity index is 0.000000379. The molecular formula is C44H63ClN4O6S. The summed E-state index contributed by atoms with van der Waals surface area (Å²) in [6.45, 7) is 10.3. The predicted octanol–water partition coefficient (Wildman–Crippen LogP) is 6.94. The van der Waals surface area contributed by atoms with E-state index in [9.17, 15) is 18.0 Å². The van der Waals surface area contributed by atoms with Crippen molar-refractivity contribution in [1.29, 1.82) is 0 Å². The summed E-state index contributed by atoms with van der Waals surface area (Å²) in [6.07, 6.45) is 15.4. The number of nitrogens with one attached hydrogen (secondary N) is 2. The number of hydrogen-bond acceptors (Lipinski definition) is 9. The zero-order valence-corrected chi connectivity index (χ0v) is 34.3. The van der Waals surface area contributed by atoms with E-state index in [0.717, 1.165) is 50.1 Å². The Morgan fingerprint density at radius 1 is 1.04 bits per heavy atom. The molecule has 8 rings (SSSR count). The number of nitrogens with zero attached hydrogens (tertiary/aromatic N) is 2. The minimum Gasteiger partial charge on any atom is -0.490 e. The molecule has 2 aliphatic carbocycles. The molecule has 56 heavy (non-hydrogen) atoms. The molecule has 0 radical (unpaired) electrons. The smallest absolute Gasteiger partial charge is 0.264 e. The predicted molar refractivity (Wildman–Crippen MR) is 224 cm³/mol. The summed E-state index contributed by atoms with van der Waals surface area (Å²) >= 11 is 6.40. The van der Waals surface area contributed by atoms with Gasteiger partial charge in [0.2, 0.25) is 10.0 Å². The highest BCUT2D eigenvalue weighted by atomic mass is 35.5. The van der Waals surface area contributed by atoms with Crippen LogP contribution in [0.2, 0.25) is 5.02 Å². The number of methoxy groups -OCH3 is 1. The van der Waals surface area contributed by atoms with E-state index >= 15 is 0 Å². The highest BCUT2D eigenvalue weighted by Gasteiger charge is 2.49. The molecule has 1 spiro atoms. The molecule has 3 fully saturated rings. The molecule has 2 aromatic carbocycles. The number of anilines is 1. The number of aldehydes is 1. The van der Waals surface area contributed by atoms with Crippen LogP contribution in [0, 0.1) is 17.8 Å². The summed E-state index contributed by atoms with van der Waals surface area (Å²) in [5.41, 5.74) is 2.05. The van der Waals surface area contributed by atoms with Gasteiger partial charge in [0.1, 0.15) is 11.4 Å². The normalized spacial score (nSPS) is 33.4. The van der Waals surface area contributed by atoms with Crippen LogP contribution in [0.15, 0.2) is 48.6 Å². The van der Waals surface area contributed by atoms with Crippen LogP contribution in [0.5, 0.6) is 5.75 Å². The van der Waals surface area contributed by atoms with Crippen LogP contribution in [-0.2, 0) is 31.4 Å². The van der Waals surface area contributed by atoms with Gasteiger partial charge in [-0.05, 0) is 124 Å². The quantitative estimate of drug-likeness (QED) is 0.246. The number of allylic oxidation sites excluding steroid dienone is 1. The van der Waals surface area contributed by atoms with Crippen molar-refractivity contribution in [3.05, 3.63) is 70.3 Å². The van der Waals surface area contributed by atoms with E-state index in [1.54, 1.807) is 32.2 Å². The molecule has 2 aromatic rings. The highest BCUT2D eigenvalue weighted by molar-refractivity contribution is 7.90. The molecule has 0 aromatic heterocycles. The molecule has 1 amide bonds. The topological polar surface area (TPSA) is 117 Å². The highest BCUT2D eigenvalue weighted by Crippen LogP contribution is 2.48. The Labute approximate surface area is 340 Å². The Hall–Kier alpha value is -2.96. The number of sulfonamides is 1. The van der Waals surface area contributed by atoms with Gasteiger partial charge < -0.3 is 19.7 Å². The second-order valence-corrected chi connectivity index (χ2v) is 19.4. The molecule has 1 unspecified atom stereocenters. The molecule has 12 heteroatoms. The van der Waals surface area contributed by atoms with Crippen molar-refractivity contribution in [2.45, 2.75) is 108 Å². The molecule has 4 heterocycles. The fourth-order valence-corrected chi connectivity index (χ4v) is 11.4. The van der Waals surface area contributed by atoms with E-state index < -0.39 is 26.8 Å². The maximum absolute atomic E-state index is 13.4. The molecular weight excluding hydrogens is 748 g/mol. The van der Waals surface area contributed by atoms with Gasteiger partial charge in [0.05, 0.1) is 17.5 Å². The molecule has 2 saturated heterocycles. The van der Waals surface area contributed by atoms with Gasteiger partial charge in [-0.2, -0.15) is 0 Å². The van der Waals surface area contributed by atoms with E-state index in [4.69, 9.17) is 21.1 Å². The van der Waals surface area contributed by atoms with Gasteiger partial charge in [0.15, 0.2) is 6.29 Å². The first-order valence-corrected chi connectivity index (χ1v) is 22.4. The third-order valence-electron chi connectivity index (χ3n) is 13.7. The van der Waals surface area contributed by atoms with Crippen molar-refractivity contribution >= 4 is 39.5 Å². The molecule has 4 aliphatic heterocycles. The Bertz CT molecular complexity index is 1840. The van der Waals surface area contributed by atoms with Crippen molar-refractivity contribution in [2.24, 2.45) is 17.8 Å². The summed E-state index contributed by atoms with van der Waals surface area (Å²) in [5, 5.41) is 3.35. The number of piperazine rings is 1. The molecule has 2 bridgehead atoms. The molecule has 308 valence electrons. The lowest BCUT2D eigenvalue weighted by Gasteiger charge is -2.48. The SMILES string of the molecule is C.C1CCC2CNCCN2CC1.CO[C@]1(C=O)/C=C/C[C@H](C)[C@@H](C)S(=O)(=O)NC(=O)c2ccc3c(c2)N(C[C@@H]2CC[C@H]21)C[C@@]1(CCCc2cc(Cl)ccc21)CO3. The molecule has 6 aliphatic rings. The van der Waals surface area contributed by atoms with Gasteiger partial charge in [-0.3, -0.25) is 14.5 Å². The lowest BCUT2D eigenvalue weighted by Crippen LogP contribution is -2.53. The van der Waals surface area contributed by atoms with E-state index in [2.05, 4.69) is 32.0 Å². The number of halogens is 1. The molecule has 2 N–H and O–H groups in total. The number of benzene rings is 2. The van der Waals surface area contributed by atoms with Gasteiger partial charge in [-0.1, -0.05) is 50.9 Å². The number of aryl methyl sites for hydroxylation is 1. The van der Waals surface area contributed by atoms with Crippen molar-refractivity contribution in [2.75, 3.05) is 57.9 Å². The first kappa shape index (κ1) is 42.6. The number of carbonyl (C=O) groups is 2. The Morgan fingerprint density at radius 2 is 1.88 bits per heavy atom. The standard InChI is InChI=1S/C34H41ClN2O6S.C9H18N2.CH4/c1-22-6-4-15-34(20-38,42-3)29-11-8-26(29)18-37-19-33(14-5-7-24-16-27(35)10-12-28(24)33)21-43-31-13-9-25(17-30(31)37)32(39)36-44(40,41)23(22)2;1-2-4-9-8-10-5-7-11(9)6-3-1;/h4,9-10,12-13,15-17,20,22-23,26,29H,5-8,11,14,18-19,21H2,1-3H3,(H,36,39);9-10H,1-8H2;1H4/b15-4+;;/t22-,23+,26-,29+,33-,34-;;/m0../s1. The zero-order chi connectivity index (χ0) is 38.8. The number of rotatable bonds is 2. The number of fused-ring (bicyclic) bond motifs is 5. The second-order valence-electron chi connectivity index (χ2n) is 16.9. The summed E-state index contributed by atoms with van der Waals surface area (Å²) in [6, 6.07) is 12.1. The van der Waals surface area contributed by atoms with Crippen LogP contribution in [-0.4, -0.2) is 95.4 Å². The minimum atomic E-state index is -3.97. The molecule has 10 nitrogen and oxygen atoms in total. The zero-order valence-electron chi connectivity index (χ0n) is 32.7. The van der Waals surface area contributed by atoms with Crippen molar-refractivity contribution in [3.63, 3.8) is 0 Å². The van der Waals surface area contributed by atoms with Gasteiger partial charge in [-0.25, -0.2) is 13.1 Å². The summed E-state index contributed by atoms with van der Waals surface area (Å²) in [5.74, 6) is -0.203. The summed E-state index contributed by atoms with van der Waals surface area (Å²) in [7, 11) is -2.41. The monoisotopic (exact) mass is 810 g/mol. The maximum atomic E-state index is 13.4. The van der Waals surface area contributed by atoms with Crippen LogP contribution >= 0.6 is 11.6 Å². The largest absolute Gasteiger partial charge is 0.490 e. The Morgan fingerprint density at radius 3 is 2.64 bits per heavy atom. The van der Waals surface area contributed by atoms with Gasteiger partial charge >= 0.3 is 0 Å². The van der Waals surface area contributed by atoms with Gasteiger partial charge in [0, 0.05) is 67.8 Å². The first-order chi connectivity index (χ1) is 26.5. The summed E-state index contributed by atoms with van der Waals surface area (Å²) < 4.78 is 41.3. The lowest BCUT2D eigenvalue weighted by atomic mass is 9.64. The maximum Gasteiger partial charge on any atom is 0.264 e. The second kappa shape index (κ2) is 17.9. The number of amides is 1. The Kier molecular flexibility index (Phi) is 13.6. The van der Waals surface area contributed by atoms with Crippen molar-refractivity contribution < 1.29 is 27.5 Å². The van der Waals surface area contributed by atoms with Crippen molar-refractivity contribution in [1.82, 2.24) is 14.9 Å². The van der Waals surface area contributed by atoms with E-state index in [1.807, 2.05) is 25.1 Å². The third-order valence-corrected chi connectivity index (χ3v) is 15.8. The summed E-state index contributed by atoms with van der Waals surface area (Å²) in [4.78, 5) is 31.0. The van der Waals surface area contributed by atoms with E-state index in [-0.39, 0.29) is 36.2 Å². The van der Waals surface area contributed by atoms with Crippen LogP contribution in [0.1, 0.15) is 101 Å². The van der Waals surface area contributed by atoms with Gasteiger partial charge in [0.25, 0.3) is 5.91 Å². The fraction of sp³-hybridized carbons (Fsp3) is 0.636. The lowest BCUT2D eigenvalue weighted by molar-refractivity contribution is -0.135. The van der Waals surface area contributed by atoms with E-state index in [0.29, 0.717) is 36.9 Å². The average molecular weight is 812 g/mol. The minimum absolute atomic E-state index is 0. The van der Waals surface area contributed by atoms with Crippen molar-refractivity contribution in [3.8, 4) is 5.75 Å². The number of ether oxygens (including phenoxy) is 2. The molecule has 1 saturated carbocycles. The fourth-order valence-electron chi connectivity index (χ4n) is 9.94. The first-order valence-electron chi connectivity index (χ1n) is 20.5. The third kappa shape index (κ3) is 8.72. The average Bonchev–Trinajstić information content (AvgIpc) is 3.50. The van der Waals surface area contributed by atoms with E-state index in [1.165, 1.54) is 63.0 Å². The number of hydrogen-bond donors (Lipinski definition) is 2. The van der Waals surface area contributed by atoms with Crippen LogP contribution < -0.4 is 19.7 Å². The van der Waals surface area contributed by atoms with Crippen LogP contribution in [0.4, 0.5) is 5.69 Å². The van der Waals surface area contributed by atoms with Crippen LogP contribution in [0.3, 0.4) is 0 Å². The van der Waals surface area contributed by atoms with Crippen LogP contribution in [0.25, 0.3) is 0 Å². The molecule has 7 atom stereocenters. The van der Waals surface area contributed by atoms with Gasteiger partial charge in [-0.15, -0.1) is 0 Å².